The van der Waals surface area contributed by atoms with Crippen molar-refractivity contribution >= 4 is 5.91 Å². The van der Waals surface area contributed by atoms with Gasteiger partial charge in [-0.15, -0.1) is 0 Å². The molecule has 0 bridgehead atoms. The summed E-state index contributed by atoms with van der Waals surface area (Å²) >= 11 is 0. The van der Waals surface area contributed by atoms with Gasteiger partial charge in [0.05, 0.1) is 0 Å². The Morgan fingerprint density at radius 3 is 2.44 bits per heavy atom. The van der Waals surface area contributed by atoms with E-state index in [0.29, 0.717) is 11.8 Å². The van der Waals surface area contributed by atoms with Crippen LogP contribution >= 0.6 is 0 Å². The lowest BCUT2D eigenvalue weighted by Crippen LogP contribution is -2.45. The van der Waals surface area contributed by atoms with Crippen molar-refractivity contribution in [2.24, 2.45) is 0 Å². The van der Waals surface area contributed by atoms with Gasteiger partial charge in [0, 0.05) is 18.4 Å². The zero-order chi connectivity index (χ0) is 17.5. The molecule has 0 saturated heterocycles. The summed E-state index contributed by atoms with van der Waals surface area (Å²) in [5.41, 5.74) is 0. The third-order valence-corrected chi connectivity index (χ3v) is 4.26. The van der Waals surface area contributed by atoms with Gasteiger partial charge < -0.3 is 14.8 Å². The molecule has 1 aromatic heterocycles. The number of aromatic nitrogens is 2. The highest BCUT2D eigenvalue weighted by atomic mass is 16.5. The average molecular weight is 341 g/mol. The first-order valence-corrected chi connectivity index (χ1v) is 8.66. The monoisotopic (exact) mass is 341 g/mol. The number of carbonyl (C=O) groups is 1. The predicted molar refractivity (Wildman–Crippen MR) is 93.4 cm³/mol. The normalized spacial score (nSPS) is 21.2. The molecule has 0 unspecified atom stereocenters. The van der Waals surface area contributed by atoms with Gasteiger partial charge >= 0.3 is 6.01 Å². The van der Waals surface area contributed by atoms with Crippen LogP contribution in [0.5, 0.6) is 11.8 Å². The molecule has 1 aromatic carbocycles. The Bertz CT molecular complexity index is 658. The van der Waals surface area contributed by atoms with Crippen LogP contribution < -0.4 is 14.8 Å². The Balaban J connectivity index is 1.41. The van der Waals surface area contributed by atoms with Gasteiger partial charge in [0.15, 0.2) is 6.10 Å². The van der Waals surface area contributed by atoms with Gasteiger partial charge in [-0.05, 0) is 50.8 Å². The first kappa shape index (κ1) is 17.2. The highest BCUT2D eigenvalue weighted by molar-refractivity contribution is 5.81. The number of hydrogen-bond acceptors (Lipinski definition) is 5. The third-order valence-electron chi connectivity index (χ3n) is 4.26. The molecule has 25 heavy (non-hydrogen) atoms. The molecule has 1 atom stereocenters. The highest BCUT2D eigenvalue weighted by Gasteiger charge is 2.26. The molecule has 0 aliphatic heterocycles. The largest absolute Gasteiger partial charge is 0.481 e. The van der Waals surface area contributed by atoms with Crippen LogP contribution in [0.2, 0.25) is 0 Å². The quantitative estimate of drug-likeness (QED) is 0.874. The lowest BCUT2D eigenvalue weighted by molar-refractivity contribution is -0.128. The molecule has 2 aromatic rings. The van der Waals surface area contributed by atoms with Gasteiger partial charge in [-0.25, -0.2) is 9.97 Å². The second kappa shape index (κ2) is 8.46. The minimum Gasteiger partial charge on any atom is -0.481 e. The van der Waals surface area contributed by atoms with E-state index in [1.807, 2.05) is 30.3 Å². The van der Waals surface area contributed by atoms with Gasteiger partial charge in [0.2, 0.25) is 0 Å². The Morgan fingerprint density at radius 1 is 1.08 bits per heavy atom. The summed E-state index contributed by atoms with van der Waals surface area (Å²) in [6, 6.07) is 11.7. The molecule has 1 amide bonds. The summed E-state index contributed by atoms with van der Waals surface area (Å²) < 4.78 is 11.4. The van der Waals surface area contributed by atoms with E-state index in [9.17, 15) is 4.79 Å². The van der Waals surface area contributed by atoms with E-state index in [-0.39, 0.29) is 18.1 Å². The van der Waals surface area contributed by atoms with E-state index in [2.05, 4.69) is 15.3 Å². The molecule has 1 fully saturated rings. The lowest BCUT2D eigenvalue weighted by atomic mass is 9.93. The van der Waals surface area contributed by atoms with Crippen molar-refractivity contribution in [2.75, 3.05) is 0 Å². The standard InChI is InChI=1S/C19H23N3O3/c1-14(24-16-6-3-2-4-7-16)18(23)22-15-8-10-17(11-9-15)25-19-20-12-5-13-21-19/h2-7,12-15,17H,8-11H2,1H3,(H,22,23)/t14-,15?,17?/m0/s1. The van der Waals surface area contributed by atoms with Crippen molar-refractivity contribution in [2.45, 2.75) is 50.9 Å². The van der Waals surface area contributed by atoms with Crippen LogP contribution in [0, 0.1) is 0 Å². The molecule has 1 heterocycles. The number of ether oxygens (including phenoxy) is 2. The highest BCUT2D eigenvalue weighted by Crippen LogP contribution is 2.22. The molecule has 132 valence electrons. The smallest absolute Gasteiger partial charge is 0.316 e. The molecule has 0 radical (unpaired) electrons. The molecule has 0 spiro atoms. The summed E-state index contributed by atoms with van der Waals surface area (Å²) in [5, 5.41) is 3.07. The number of nitrogens with zero attached hydrogens (tertiary/aromatic N) is 2. The van der Waals surface area contributed by atoms with E-state index in [4.69, 9.17) is 9.47 Å². The van der Waals surface area contributed by atoms with Crippen molar-refractivity contribution < 1.29 is 14.3 Å². The number of rotatable bonds is 6. The van der Waals surface area contributed by atoms with Gasteiger partial charge in [-0.2, -0.15) is 0 Å². The van der Waals surface area contributed by atoms with E-state index >= 15 is 0 Å². The molecule has 6 heteroatoms. The van der Waals surface area contributed by atoms with Crippen molar-refractivity contribution in [1.82, 2.24) is 15.3 Å². The second-order valence-electron chi connectivity index (χ2n) is 6.20. The maximum atomic E-state index is 12.3. The topological polar surface area (TPSA) is 73.3 Å². The van der Waals surface area contributed by atoms with Crippen LogP contribution in [0.4, 0.5) is 0 Å². The molecule has 3 rings (SSSR count). The molecule has 1 N–H and O–H groups in total. The fraction of sp³-hybridized carbons (Fsp3) is 0.421. The summed E-state index contributed by atoms with van der Waals surface area (Å²) in [5.74, 6) is 0.615. The van der Waals surface area contributed by atoms with Crippen LogP contribution in [0.25, 0.3) is 0 Å². The number of benzene rings is 1. The minimum atomic E-state index is -0.519. The zero-order valence-electron chi connectivity index (χ0n) is 14.3. The van der Waals surface area contributed by atoms with E-state index in [0.717, 1.165) is 25.7 Å². The fourth-order valence-electron chi connectivity index (χ4n) is 2.90. The van der Waals surface area contributed by atoms with E-state index in [1.165, 1.54) is 0 Å². The van der Waals surface area contributed by atoms with Crippen LogP contribution in [-0.2, 0) is 4.79 Å². The van der Waals surface area contributed by atoms with Crippen molar-refractivity contribution in [3.8, 4) is 11.8 Å². The van der Waals surface area contributed by atoms with Crippen LogP contribution in [-0.4, -0.2) is 34.1 Å². The molecule has 1 saturated carbocycles. The molecule has 6 nitrogen and oxygen atoms in total. The number of hydrogen-bond donors (Lipinski definition) is 1. The lowest BCUT2D eigenvalue weighted by Gasteiger charge is -2.29. The molecule has 1 aliphatic carbocycles. The summed E-state index contributed by atoms with van der Waals surface area (Å²) in [7, 11) is 0. The Labute approximate surface area is 147 Å². The SMILES string of the molecule is C[C@H](Oc1ccccc1)C(=O)NC1CCC(Oc2ncccn2)CC1. The van der Waals surface area contributed by atoms with E-state index in [1.54, 1.807) is 25.4 Å². The zero-order valence-corrected chi connectivity index (χ0v) is 14.3. The summed E-state index contributed by atoms with van der Waals surface area (Å²) in [6.07, 6.45) is 6.42. The summed E-state index contributed by atoms with van der Waals surface area (Å²) in [6.45, 7) is 1.77. The molecular formula is C19H23N3O3. The average Bonchev–Trinajstić information content (AvgIpc) is 2.65. The summed E-state index contributed by atoms with van der Waals surface area (Å²) in [4.78, 5) is 20.5. The fourth-order valence-corrected chi connectivity index (χ4v) is 2.90. The Hall–Kier alpha value is -2.63. The third kappa shape index (κ3) is 5.17. The van der Waals surface area contributed by atoms with Crippen LogP contribution in [0.3, 0.4) is 0 Å². The Kier molecular flexibility index (Phi) is 5.82. The number of carbonyl (C=O) groups excluding carboxylic acids is 1. The van der Waals surface area contributed by atoms with Gasteiger partial charge in [0.25, 0.3) is 5.91 Å². The van der Waals surface area contributed by atoms with Crippen LogP contribution in [0.1, 0.15) is 32.6 Å². The number of amides is 1. The maximum Gasteiger partial charge on any atom is 0.316 e. The second-order valence-corrected chi connectivity index (χ2v) is 6.20. The molecular weight excluding hydrogens is 318 g/mol. The minimum absolute atomic E-state index is 0.0837. The first-order valence-electron chi connectivity index (χ1n) is 8.66. The Morgan fingerprint density at radius 2 is 1.76 bits per heavy atom. The number of nitrogens with one attached hydrogen (secondary N) is 1. The van der Waals surface area contributed by atoms with Gasteiger partial charge in [-0.1, -0.05) is 18.2 Å². The van der Waals surface area contributed by atoms with Gasteiger partial charge in [0.1, 0.15) is 11.9 Å². The van der Waals surface area contributed by atoms with Gasteiger partial charge in [-0.3, -0.25) is 4.79 Å². The maximum absolute atomic E-state index is 12.3. The van der Waals surface area contributed by atoms with Crippen LogP contribution in [0.15, 0.2) is 48.8 Å². The van der Waals surface area contributed by atoms with Crippen molar-refractivity contribution in [3.63, 3.8) is 0 Å². The van der Waals surface area contributed by atoms with Crippen molar-refractivity contribution in [1.29, 1.82) is 0 Å². The first-order chi connectivity index (χ1) is 12.2. The molecule has 1 aliphatic rings. The van der Waals surface area contributed by atoms with E-state index < -0.39 is 6.10 Å². The van der Waals surface area contributed by atoms with Crippen molar-refractivity contribution in [3.05, 3.63) is 48.8 Å². The predicted octanol–water partition coefficient (Wildman–Crippen LogP) is 2.75. The number of para-hydroxylation sites is 1.